The van der Waals surface area contributed by atoms with Crippen molar-refractivity contribution in [3.63, 3.8) is 0 Å². The summed E-state index contributed by atoms with van der Waals surface area (Å²) in [5.41, 5.74) is 2.12. The second-order valence-electron chi connectivity index (χ2n) is 10.2. The number of rotatable bonds is 4. The van der Waals surface area contributed by atoms with E-state index in [4.69, 9.17) is 4.74 Å². The molecule has 3 amide bonds. The summed E-state index contributed by atoms with van der Waals surface area (Å²) < 4.78 is 6.56. The summed E-state index contributed by atoms with van der Waals surface area (Å²) in [5.74, 6) is -2.27. The number of anilines is 1. The van der Waals surface area contributed by atoms with Gasteiger partial charge in [-0.1, -0.05) is 34.1 Å². The molecule has 5 heterocycles. The smallest absolute Gasteiger partial charge is 0.250 e. The second-order valence-corrected chi connectivity index (χ2v) is 11.1. The lowest BCUT2D eigenvalue weighted by atomic mass is 9.76. The number of hydrogen-bond donors (Lipinski definition) is 3. The van der Waals surface area contributed by atoms with Gasteiger partial charge in [-0.05, 0) is 49.1 Å². The lowest BCUT2D eigenvalue weighted by molar-refractivity contribution is -0.144. The average molecular weight is 549 g/mol. The number of nitrogens with zero attached hydrogens (tertiary/aromatic N) is 1. The third-order valence-electron chi connectivity index (χ3n) is 8.29. The summed E-state index contributed by atoms with van der Waals surface area (Å²) in [6.45, 7) is 0.889. The molecule has 0 unspecified atom stereocenters. The maximum Gasteiger partial charge on any atom is 0.250 e. The Labute approximate surface area is 215 Å². The van der Waals surface area contributed by atoms with Crippen molar-refractivity contribution in [1.82, 2.24) is 15.2 Å². The van der Waals surface area contributed by atoms with Crippen molar-refractivity contribution >= 4 is 50.2 Å². The van der Waals surface area contributed by atoms with Crippen LogP contribution in [0.25, 0.3) is 10.9 Å². The number of aromatic amines is 1. The van der Waals surface area contributed by atoms with Crippen LogP contribution in [-0.4, -0.2) is 52.9 Å². The minimum absolute atomic E-state index is 0.147. The molecule has 3 saturated heterocycles. The number of H-pyrrole nitrogens is 1. The molecule has 0 aliphatic carbocycles. The first-order chi connectivity index (χ1) is 17.5. The molecule has 8 nitrogen and oxygen atoms in total. The van der Waals surface area contributed by atoms with Gasteiger partial charge in [0.2, 0.25) is 17.7 Å². The molecule has 2 aromatic carbocycles. The predicted molar refractivity (Wildman–Crippen MR) is 136 cm³/mol. The van der Waals surface area contributed by atoms with E-state index < -0.39 is 23.4 Å². The van der Waals surface area contributed by atoms with Gasteiger partial charge in [0, 0.05) is 45.5 Å². The number of carbonyl (C=O) groups excluding carboxylic acids is 3. The first-order valence-electron chi connectivity index (χ1n) is 12.4. The molecular formula is C27H25BrN4O4. The summed E-state index contributed by atoms with van der Waals surface area (Å²) in [7, 11) is 0. The van der Waals surface area contributed by atoms with Crippen molar-refractivity contribution in [1.29, 1.82) is 0 Å². The highest BCUT2D eigenvalue weighted by atomic mass is 79.9. The van der Waals surface area contributed by atoms with Crippen LogP contribution in [-0.2, 0) is 31.1 Å². The fourth-order valence-corrected chi connectivity index (χ4v) is 7.08. The van der Waals surface area contributed by atoms with Crippen molar-refractivity contribution in [2.24, 2.45) is 11.8 Å². The molecule has 3 fully saturated rings. The highest BCUT2D eigenvalue weighted by Crippen LogP contribution is 2.54. The van der Waals surface area contributed by atoms with Crippen LogP contribution in [0.2, 0.25) is 0 Å². The van der Waals surface area contributed by atoms with Crippen LogP contribution in [0.4, 0.5) is 5.69 Å². The van der Waals surface area contributed by atoms with Crippen LogP contribution in [0.1, 0.15) is 24.0 Å². The molecule has 4 aliphatic heterocycles. The van der Waals surface area contributed by atoms with Crippen molar-refractivity contribution in [3.05, 3.63) is 64.3 Å². The number of ether oxygens (including phenoxy) is 1. The fraction of sp³-hybridized carbons (Fsp3) is 0.370. The topological polar surface area (TPSA) is 104 Å². The Bertz CT molecular complexity index is 1430. The standard InChI is InChI=1S/C27H25BrN4O4/c28-15-7-8-20-18(11-15)27(26(35)30-20)23-22(24(33)32(25(23)34)13-16-4-3-9-36-16)21(31-27)10-14-12-29-19-6-2-1-5-17(14)19/h1-2,5-8,11-12,16,21-23,29,31H,3-4,9-10,13H2,(H,30,35)/t16-,21-,22+,23-,27-/m1/s1. The zero-order chi connectivity index (χ0) is 24.6. The molecule has 0 bridgehead atoms. The van der Waals surface area contributed by atoms with E-state index in [1.165, 1.54) is 4.90 Å². The third kappa shape index (κ3) is 3.02. The number of imide groups is 1. The van der Waals surface area contributed by atoms with Gasteiger partial charge < -0.3 is 15.0 Å². The van der Waals surface area contributed by atoms with Crippen LogP contribution in [0.5, 0.6) is 0 Å². The number of para-hydroxylation sites is 1. The van der Waals surface area contributed by atoms with E-state index in [1.54, 1.807) is 0 Å². The number of amides is 3. The largest absolute Gasteiger partial charge is 0.376 e. The minimum Gasteiger partial charge on any atom is -0.376 e. The maximum atomic E-state index is 14.0. The SMILES string of the molecule is O=C1[C@H]2[C@@H](Cc3c[nH]c4ccccc34)N[C@@]3(C(=O)Nc4ccc(Br)cc43)[C@H]2C(=O)N1C[C@H]1CCCO1. The minimum atomic E-state index is -1.31. The van der Waals surface area contributed by atoms with Crippen LogP contribution >= 0.6 is 15.9 Å². The highest BCUT2D eigenvalue weighted by molar-refractivity contribution is 9.10. The van der Waals surface area contributed by atoms with Gasteiger partial charge in [-0.15, -0.1) is 0 Å². The molecule has 0 saturated carbocycles. The zero-order valence-electron chi connectivity index (χ0n) is 19.4. The summed E-state index contributed by atoms with van der Waals surface area (Å²) >= 11 is 3.53. The maximum absolute atomic E-state index is 14.0. The number of carbonyl (C=O) groups is 3. The summed E-state index contributed by atoms with van der Waals surface area (Å²) in [6.07, 6.45) is 4.07. The fourth-order valence-electron chi connectivity index (χ4n) is 6.72. The molecule has 9 heteroatoms. The van der Waals surface area contributed by atoms with Crippen molar-refractivity contribution in [2.45, 2.75) is 36.9 Å². The Balaban J connectivity index is 1.33. The molecule has 0 radical (unpaired) electrons. The van der Waals surface area contributed by atoms with Gasteiger partial charge in [-0.25, -0.2) is 0 Å². The van der Waals surface area contributed by atoms with Crippen molar-refractivity contribution in [3.8, 4) is 0 Å². The molecule has 1 spiro atoms. The molecule has 184 valence electrons. The first kappa shape index (κ1) is 22.2. The Morgan fingerprint density at radius 1 is 1.11 bits per heavy atom. The Hall–Kier alpha value is -3.01. The van der Waals surface area contributed by atoms with E-state index in [2.05, 4.69) is 31.5 Å². The number of hydrogen-bond acceptors (Lipinski definition) is 5. The van der Waals surface area contributed by atoms with Gasteiger partial charge in [0.1, 0.15) is 5.54 Å². The van der Waals surface area contributed by atoms with Gasteiger partial charge in [0.05, 0.1) is 24.5 Å². The van der Waals surface area contributed by atoms with Gasteiger partial charge in [0.25, 0.3) is 0 Å². The summed E-state index contributed by atoms with van der Waals surface area (Å²) in [4.78, 5) is 46.2. The zero-order valence-corrected chi connectivity index (χ0v) is 21.0. The number of likely N-dealkylation sites (tertiary alicyclic amines) is 1. The Morgan fingerprint density at radius 3 is 2.81 bits per heavy atom. The van der Waals surface area contributed by atoms with E-state index in [0.717, 1.165) is 33.8 Å². The number of fused-ring (bicyclic) bond motifs is 5. The Morgan fingerprint density at radius 2 is 1.97 bits per heavy atom. The third-order valence-corrected chi connectivity index (χ3v) is 8.79. The number of nitrogens with one attached hydrogen (secondary N) is 3. The van der Waals surface area contributed by atoms with E-state index in [1.807, 2.05) is 48.7 Å². The molecule has 5 atom stereocenters. The first-order valence-corrected chi connectivity index (χ1v) is 13.2. The second kappa shape index (κ2) is 7.99. The molecule has 36 heavy (non-hydrogen) atoms. The average Bonchev–Trinajstić information content (AvgIpc) is 3.67. The highest BCUT2D eigenvalue weighted by Gasteiger charge is 2.70. The van der Waals surface area contributed by atoms with E-state index in [9.17, 15) is 14.4 Å². The van der Waals surface area contributed by atoms with Crippen LogP contribution in [0.15, 0.2) is 53.1 Å². The van der Waals surface area contributed by atoms with Crippen LogP contribution in [0.3, 0.4) is 0 Å². The lowest BCUT2D eigenvalue weighted by Crippen LogP contribution is -2.54. The van der Waals surface area contributed by atoms with Gasteiger partial charge >= 0.3 is 0 Å². The van der Waals surface area contributed by atoms with Gasteiger partial charge in [-0.2, -0.15) is 0 Å². The van der Waals surface area contributed by atoms with E-state index in [0.29, 0.717) is 24.3 Å². The van der Waals surface area contributed by atoms with E-state index >= 15 is 0 Å². The predicted octanol–water partition coefficient (Wildman–Crippen LogP) is 3.07. The van der Waals surface area contributed by atoms with Crippen LogP contribution < -0.4 is 10.6 Å². The van der Waals surface area contributed by atoms with Crippen LogP contribution in [0, 0.1) is 11.8 Å². The van der Waals surface area contributed by atoms with Crippen molar-refractivity contribution in [2.75, 3.05) is 18.5 Å². The van der Waals surface area contributed by atoms with Gasteiger partial charge in [-0.3, -0.25) is 24.6 Å². The van der Waals surface area contributed by atoms with Crippen molar-refractivity contribution < 1.29 is 19.1 Å². The summed E-state index contributed by atoms with van der Waals surface area (Å²) in [6, 6.07) is 13.2. The van der Waals surface area contributed by atoms with E-state index in [-0.39, 0.29) is 30.4 Å². The molecule has 3 N–H and O–H groups in total. The number of aromatic nitrogens is 1. The number of benzene rings is 2. The molecule has 3 aromatic rings. The molecular weight excluding hydrogens is 524 g/mol. The van der Waals surface area contributed by atoms with Gasteiger partial charge in [0.15, 0.2) is 0 Å². The molecule has 1 aromatic heterocycles. The molecule has 4 aliphatic rings. The molecule has 7 rings (SSSR count). The quantitative estimate of drug-likeness (QED) is 0.435. The summed E-state index contributed by atoms with van der Waals surface area (Å²) in [5, 5.41) is 7.57. The Kier molecular flexibility index (Phi) is 4.93. The number of halogens is 1. The lowest BCUT2D eigenvalue weighted by Gasteiger charge is -2.30. The monoisotopic (exact) mass is 548 g/mol. The normalized spacial score (nSPS) is 31.0.